The molecule has 0 aliphatic carbocycles. The number of nitrogens with zero attached hydrogens (tertiary/aromatic N) is 2. The lowest BCUT2D eigenvalue weighted by atomic mass is 10.2. The molecule has 0 aliphatic rings. The summed E-state index contributed by atoms with van der Waals surface area (Å²) >= 11 is 0. The van der Waals surface area contributed by atoms with Gasteiger partial charge in [-0.1, -0.05) is 6.92 Å². The van der Waals surface area contributed by atoms with Crippen LogP contribution in [-0.4, -0.2) is 49.6 Å². The predicted octanol–water partition coefficient (Wildman–Crippen LogP) is 2.02. The zero-order valence-electron chi connectivity index (χ0n) is 13.5. The van der Waals surface area contributed by atoms with Crippen LogP contribution in [-0.2, 0) is 22.5 Å². The van der Waals surface area contributed by atoms with Crippen molar-refractivity contribution in [1.82, 2.24) is 4.98 Å². The van der Waals surface area contributed by atoms with Crippen LogP contribution in [0.4, 0.5) is 5.82 Å². The molecule has 0 spiro atoms. The van der Waals surface area contributed by atoms with Crippen LogP contribution >= 0.6 is 0 Å². The average molecular weight is 296 g/mol. The molecule has 5 nitrogen and oxygen atoms in total. The first-order valence-electron chi connectivity index (χ1n) is 7.76. The second kappa shape index (κ2) is 10.5. The molecule has 0 atom stereocenters. The molecular weight excluding hydrogens is 268 g/mol. The van der Waals surface area contributed by atoms with Gasteiger partial charge in [0.2, 0.25) is 0 Å². The van der Waals surface area contributed by atoms with Crippen molar-refractivity contribution in [2.24, 2.45) is 0 Å². The fraction of sp³-hybridized carbons (Fsp3) is 0.688. The Kier molecular flexibility index (Phi) is 8.98. The highest BCUT2D eigenvalue weighted by atomic mass is 16.5. The van der Waals surface area contributed by atoms with E-state index in [0.717, 1.165) is 36.6 Å². The fourth-order valence-electron chi connectivity index (χ4n) is 2.05. The van der Waals surface area contributed by atoms with E-state index in [2.05, 4.69) is 16.8 Å². The topological polar surface area (TPSA) is 54.8 Å². The number of ether oxygens (including phenoxy) is 2. The van der Waals surface area contributed by atoms with Crippen LogP contribution in [0.15, 0.2) is 12.1 Å². The van der Waals surface area contributed by atoms with Crippen molar-refractivity contribution < 1.29 is 14.6 Å². The van der Waals surface area contributed by atoms with Crippen LogP contribution < -0.4 is 4.90 Å². The van der Waals surface area contributed by atoms with E-state index in [1.54, 1.807) is 0 Å². The summed E-state index contributed by atoms with van der Waals surface area (Å²) in [7, 11) is 0. The number of aromatic nitrogens is 1. The van der Waals surface area contributed by atoms with Crippen LogP contribution in [0.3, 0.4) is 0 Å². The maximum Gasteiger partial charge on any atom is 0.129 e. The molecule has 5 heteroatoms. The molecule has 0 fully saturated rings. The second-order valence-corrected chi connectivity index (χ2v) is 4.72. The summed E-state index contributed by atoms with van der Waals surface area (Å²) in [6.45, 7) is 10.4. The molecule has 0 unspecified atom stereocenters. The number of rotatable bonds is 11. The summed E-state index contributed by atoms with van der Waals surface area (Å²) in [5, 5.41) is 9.40. The Morgan fingerprint density at radius 1 is 1.05 bits per heavy atom. The Morgan fingerprint density at radius 2 is 1.67 bits per heavy atom. The third-order valence-corrected chi connectivity index (χ3v) is 3.21. The predicted molar refractivity (Wildman–Crippen MR) is 84.7 cm³/mol. The minimum Gasteiger partial charge on any atom is -0.392 e. The number of hydrogen-bond acceptors (Lipinski definition) is 5. The minimum atomic E-state index is 0.0350. The summed E-state index contributed by atoms with van der Waals surface area (Å²) in [5.74, 6) is 0.887. The highest BCUT2D eigenvalue weighted by Crippen LogP contribution is 2.16. The molecule has 1 N–H and O–H groups in total. The number of aliphatic hydroxyl groups is 1. The molecule has 0 radical (unpaired) electrons. The van der Waals surface area contributed by atoms with Gasteiger partial charge in [0.25, 0.3) is 0 Å². The number of hydrogen-bond donors (Lipinski definition) is 1. The SMILES string of the molecule is CCOCCN(CCOCC)c1cc(CO)cc(CC)n1. The van der Waals surface area contributed by atoms with E-state index in [1.807, 2.05) is 26.0 Å². The van der Waals surface area contributed by atoms with Crippen LogP contribution in [0.2, 0.25) is 0 Å². The van der Waals surface area contributed by atoms with Gasteiger partial charge in [0, 0.05) is 32.0 Å². The van der Waals surface area contributed by atoms with Gasteiger partial charge >= 0.3 is 0 Å². The number of aryl methyl sites for hydroxylation is 1. The summed E-state index contributed by atoms with van der Waals surface area (Å²) in [4.78, 5) is 6.82. The van der Waals surface area contributed by atoms with E-state index < -0.39 is 0 Å². The quantitative estimate of drug-likeness (QED) is 0.633. The molecule has 21 heavy (non-hydrogen) atoms. The summed E-state index contributed by atoms with van der Waals surface area (Å²) in [6.07, 6.45) is 0.853. The van der Waals surface area contributed by atoms with Crippen LogP contribution in [0.5, 0.6) is 0 Å². The normalized spacial score (nSPS) is 10.9. The second-order valence-electron chi connectivity index (χ2n) is 4.72. The molecule has 120 valence electrons. The van der Waals surface area contributed by atoms with Crippen LogP contribution in [0.25, 0.3) is 0 Å². The first kappa shape index (κ1) is 17.9. The zero-order valence-corrected chi connectivity index (χ0v) is 13.5. The van der Waals surface area contributed by atoms with Gasteiger partial charge in [-0.3, -0.25) is 0 Å². The van der Waals surface area contributed by atoms with Crippen molar-refractivity contribution in [3.05, 3.63) is 23.4 Å². The van der Waals surface area contributed by atoms with Gasteiger partial charge in [-0.15, -0.1) is 0 Å². The number of aliphatic hydroxyl groups excluding tert-OH is 1. The Bertz CT molecular complexity index is 367. The molecule has 0 aliphatic heterocycles. The van der Waals surface area contributed by atoms with E-state index in [0.29, 0.717) is 26.4 Å². The van der Waals surface area contributed by atoms with E-state index in [9.17, 15) is 5.11 Å². The van der Waals surface area contributed by atoms with Gasteiger partial charge < -0.3 is 19.5 Å². The molecule has 0 aromatic carbocycles. The molecule has 0 bridgehead atoms. The van der Waals surface area contributed by atoms with E-state index in [-0.39, 0.29) is 6.61 Å². The van der Waals surface area contributed by atoms with Gasteiger partial charge in [-0.25, -0.2) is 4.98 Å². The molecule has 1 heterocycles. The lowest BCUT2D eigenvalue weighted by Gasteiger charge is -2.24. The molecule has 0 saturated carbocycles. The first-order valence-corrected chi connectivity index (χ1v) is 7.76. The Balaban J connectivity index is 2.83. The standard InChI is InChI=1S/C16H28N2O3/c1-4-15-11-14(13-19)12-16(17-15)18(7-9-20-5-2)8-10-21-6-3/h11-12,19H,4-10,13H2,1-3H3. The molecule has 1 aromatic rings. The van der Waals surface area contributed by atoms with Crippen molar-refractivity contribution in [3.8, 4) is 0 Å². The smallest absolute Gasteiger partial charge is 0.129 e. The summed E-state index contributed by atoms with van der Waals surface area (Å²) < 4.78 is 10.9. The Hall–Kier alpha value is -1.17. The highest BCUT2D eigenvalue weighted by Gasteiger charge is 2.10. The number of pyridine rings is 1. The van der Waals surface area contributed by atoms with E-state index >= 15 is 0 Å². The third-order valence-electron chi connectivity index (χ3n) is 3.21. The van der Waals surface area contributed by atoms with Gasteiger partial charge in [-0.05, 0) is 38.0 Å². The first-order chi connectivity index (χ1) is 10.2. The molecule has 1 aromatic heterocycles. The van der Waals surface area contributed by atoms with E-state index in [1.165, 1.54) is 0 Å². The van der Waals surface area contributed by atoms with Gasteiger partial charge in [-0.2, -0.15) is 0 Å². The Morgan fingerprint density at radius 3 is 2.14 bits per heavy atom. The fourth-order valence-corrected chi connectivity index (χ4v) is 2.05. The van der Waals surface area contributed by atoms with Gasteiger partial charge in [0.1, 0.15) is 5.82 Å². The largest absolute Gasteiger partial charge is 0.392 e. The summed E-state index contributed by atoms with van der Waals surface area (Å²) in [5.41, 5.74) is 1.89. The lowest BCUT2D eigenvalue weighted by molar-refractivity contribution is 0.141. The van der Waals surface area contributed by atoms with Crippen LogP contribution in [0, 0.1) is 0 Å². The van der Waals surface area contributed by atoms with Gasteiger partial charge in [0.15, 0.2) is 0 Å². The monoisotopic (exact) mass is 296 g/mol. The maximum atomic E-state index is 9.40. The van der Waals surface area contributed by atoms with E-state index in [4.69, 9.17) is 9.47 Å². The molecule has 0 saturated heterocycles. The van der Waals surface area contributed by atoms with Crippen molar-refractivity contribution >= 4 is 5.82 Å². The zero-order chi connectivity index (χ0) is 15.5. The van der Waals surface area contributed by atoms with Gasteiger partial charge in [0.05, 0.1) is 19.8 Å². The van der Waals surface area contributed by atoms with Crippen molar-refractivity contribution in [2.45, 2.75) is 33.8 Å². The minimum absolute atomic E-state index is 0.0350. The van der Waals surface area contributed by atoms with Crippen molar-refractivity contribution in [3.63, 3.8) is 0 Å². The Labute approximate surface area is 127 Å². The average Bonchev–Trinajstić information content (AvgIpc) is 2.53. The van der Waals surface area contributed by atoms with Crippen molar-refractivity contribution in [1.29, 1.82) is 0 Å². The molecule has 1 rings (SSSR count). The third kappa shape index (κ3) is 6.42. The van der Waals surface area contributed by atoms with Crippen LogP contribution in [0.1, 0.15) is 32.0 Å². The van der Waals surface area contributed by atoms with Crippen molar-refractivity contribution in [2.75, 3.05) is 44.4 Å². The highest BCUT2D eigenvalue weighted by molar-refractivity contribution is 5.42. The molecular formula is C16H28N2O3. The summed E-state index contributed by atoms with van der Waals surface area (Å²) in [6, 6.07) is 3.89. The number of anilines is 1. The maximum absolute atomic E-state index is 9.40. The lowest BCUT2D eigenvalue weighted by Crippen LogP contribution is -2.32. The molecule has 0 amide bonds.